The highest BCUT2D eigenvalue weighted by Crippen LogP contribution is 2.42. The van der Waals surface area contributed by atoms with Gasteiger partial charge in [-0.2, -0.15) is 0 Å². The van der Waals surface area contributed by atoms with Crippen LogP contribution < -0.4 is 10.2 Å². The zero-order chi connectivity index (χ0) is 22.6. The number of aromatic nitrogens is 2. The normalized spacial score (nSPS) is 21.0. The second-order valence-electron chi connectivity index (χ2n) is 10.3. The molecule has 4 heterocycles. The first-order chi connectivity index (χ1) is 15.2. The van der Waals surface area contributed by atoms with Crippen molar-refractivity contribution in [3.8, 4) is 0 Å². The molecule has 1 saturated heterocycles. The molecule has 6 nitrogen and oxygen atoms in total. The molecule has 1 N–H and O–H groups in total. The minimum absolute atomic E-state index is 0.0367. The maximum atomic E-state index is 13.2. The lowest BCUT2D eigenvalue weighted by Crippen LogP contribution is -2.43. The van der Waals surface area contributed by atoms with E-state index in [2.05, 4.69) is 53.9 Å². The Bertz CT molecular complexity index is 1170. The summed E-state index contributed by atoms with van der Waals surface area (Å²) in [5.74, 6) is 3.19. The zero-order valence-corrected chi connectivity index (χ0v) is 20.4. The van der Waals surface area contributed by atoms with Gasteiger partial charge in [0, 0.05) is 35.9 Å². The van der Waals surface area contributed by atoms with Crippen LogP contribution in [0.3, 0.4) is 0 Å². The number of piperidine rings is 1. The number of nitrogens with zero attached hydrogens (tertiary/aromatic N) is 3. The Morgan fingerprint density at radius 1 is 1.22 bits per heavy atom. The predicted octanol–water partition coefficient (Wildman–Crippen LogP) is 5.26. The monoisotopic (exact) mass is 452 g/mol. The van der Waals surface area contributed by atoms with E-state index in [1.807, 2.05) is 6.92 Å². The molecular weight excluding hydrogens is 420 g/mol. The minimum Gasteiger partial charge on any atom is -0.466 e. The number of aryl methyl sites for hydroxylation is 3. The van der Waals surface area contributed by atoms with Crippen LogP contribution in [-0.2, 0) is 11.2 Å². The van der Waals surface area contributed by atoms with Crippen molar-refractivity contribution in [1.82, 2.24) is 15.3 Å². The largest absolute Gasteiger partial charge is 0.466 e. The van der Waals surface area contributed by atoms with Gasteiger partial charge in [-0.25, -0.2) is 9.97 Å². The SMILES string of the molecule is Cc1cc2c(o1)CC(C)(C)CC2NC(=O)C1CCN(c2ncnc3sc(C)c(C)c23)CC1. The molecule has 1 amide bonds. The number of furan rings is 1. The van der Waals surface area contributed by atoms with Gasteiger partial charge in [0.05, 0.1) is 11.4 Å². The van der Waals surface area contributed by atoms with Crippen molar-refractivity contribution in [2.45, 2.75) is 66.3 Å². The van der Waals surface area contributed by atoms with Gasteiger partial charge < -0.3 is 14.6 Å². The van der Waals surface area contributed by atoms with Crippen molar-refractivity contribution in [1.29, 1.82) is 0 Å². The van der Waals surface area contributed by atoms with Crippen LogP contribution in [0.4, 0.5) is 5.82 Å². The third kappa shape index (κ3) is 3.81. The molecule has 0 aromatic carbocycles. The summed E-state index contributed by atoms with van der Waals surface area (Å²) in [5.41, 5.74) is 2.55. The van der Waals surface area contributed by atoms with Crippen molar-refractivity contribution < 1.29 is 9.21 Å². The number of hydrogen-bond donors (Lipinski definition) is 1. The summed E-state index contributed by atoms with van der Waals surface area (Å²) in [5, 5.41) is 4.54. The fourth-order valence-electron chi connectivity index (χ4n) is 5.36. The van der Waals surface area contributed by atoms with Gasteiger partial charge in [-0.05, 0) is 57.1 Å². The van der Waals surface area contributed by atoms with E-state index in [0.717, 1.165) is 60.9 Å². The summed E-state index contributed by atoms with van der Waals surface area (Å²) in [4.78, 5) is 27.0. The van der Waals surface area contributed by atoms with Crippen LogP contribution in [0.25, 0.3) is 10.2 Å². The summed E-state index contributed by atoms with van der Waals surface area (Å²) < 4.78 is 5.94. The maximum absolute atomic E-state index is 13.2. The van der Waals surface area contributed by atoms with Crippen LogP contribution in [0.1, 0.15) is 66.7 Å². The lowest BCUT2D eigenvalue weighted by Gasteiger charge is -2.37. The molecule has 0 saturated carbocycles. The van der Waals surface area contributed by atoms with Crippen molar-refractivity contribution in [3.63, 3.8) is 0 Å². The van der Waals surface area contributed by atoms with E-state index in [9.17, 15) is 4.79 Å². The van der Waals surface area contributed by atoms with E-state index >= 15 is 0 Å². The lowest BCUT2D eigenvalue weighted by molar-refractivity contribution is -0.126. The summed E-state index contributed by atoms with van der Waals surface area (Å²) in [6.45, 7) is 12.5. The number of hydrogen-bond acceptors (Lipinski definition) is 6. The maximum Gasteiger partial charge on any atom is 0.223 e. The van der Waals surface area contributed by atoms with E-state index in [4.69, 9.17) is 4.42 Å². The molecule has 1 aliphatic carbocycles. The Morgan fingerprint density at radius 3 is 2.72 bits per heavy atom. The third-order valence-corrected chi connectivity index (χ3v) is 8.28. The van der Waals surface area contributed by atoms with Crippen LogP contribution in [0, 0.1) is 32.1 Å². The number of carbonyl (C=O) groups is 1. The Hall–Kier alpha value is -2.41. The van der Waals surface area contributed by atoms with Gasteiger partial charge in [0.2, 0.25) is 5.91 Å². The highest BCUT2D eigenvalue weighted by Gasteiger charge is 2.37. The summed E-state index contributed by atoms with van der Waals surface area (Å²) >= 11 is 1.73. The quantitative estimate of drug-likeness (QED) is 0.587. The third-order valence-electron chi connectivity index (χ3n) is 7.16. The lowest BCUT2D eigenvalue weighted by atomic mass is 9.74. The molecule has 3 aromatic rings. The Kier molecular flexibility index (Phi) is 5.27. The topological polar surface area (TPSA) is 71.3 Å². The van der Waals surface area contributed by atoms with Crippen LogP contribution in [0.15, 0.2) is 16.8 Å². The molecule has 7 heteroatoms. The molecule has 3 aromatic heterocycles. The Labute approximate surface area is 193 Å². The predicted molar refractivity (Wildman–Crippen MR) is 128 cm³/mol. The number of anilines is 1. The standard InChI is InChI=1S/C25H32N4O2S/c1-14-10-18-19(11-25(4,5)12-20(18)31-14)28-23(30)17-6-8-29(9-7-17)22-21-15(2)16(3)32-24(21)27-13-26-22/h10,13,17,19H,6-9,11-12H2,1-5H3,(H,28,30). The van der Waals surface area contributed by atoms with Gasteiger partial charge in [-0.3, -0.25) is 4.79 Å². The number of fused-ring (bicyclic) bond motifs is 2. The average Bonchev–Trinajstić information content (AvgIpc) is 3.25. The van der Waals surface area contributed by atoms with Gasteiger partial charge >= 0.3 is 0 Å². The molecule has 0 bridgehead atoms. The summed E-state index contributed by atoms with van der Waals surface area (Å²) in [6.07, 6.45) is 5.22. The first-order valence-electron chi connectivity index (χ1n) is 11.6. The molecule has 1 fully saturated rings. The first kappa shape index (κ1) is 21.4. The van der Waals surface area contributed by atoms with E-state index < -0.39 is 0 Å². The number of nitrogens with one attached hydrogen (secondary N) is 1. The molecule has 0 spiro atoms. The first-order valence-corrected chi connectivity index (χ1v) is 12.4. The van der Waals surface area contributed by atoms with Crippen molar-refractivity contribution >= 4 is 33.3 Å². The number of rotatable bonds is 3. The van der Waals surface area contributed by atoms with Gasteiger partial charge in [-0.1, -0.05) is 13.8 Å². The van der Waals surface area contributed by atoms with Crippen LogP contribution in [0.5, 0.6) is 0 Å². The molecule has 170 valence electrons. The van der Waals surface area contributed by atoms with Gasteiger partial charge in [0.15, 0.2) is 0 Å². The van der Waals surface area contributed by atoms with Crippen LogP contribution in [-0.4, -0.2) is 29.0 Å². The fraction of sp³-hybridized carbons (Fsp3) is 0.560. The van der Waals surface area contributed by atoms with E-state index in [1.54, 1.807) is 17.7 Å². The van der Waals surface area contributed by atoms with Crippen LogP contribution >= 0.6 is 11.3 Å². The van der Waals surface area contributed by atoms with Gasteiger partial charge in [-0.15, -0.1) is 11.3 Å². The second kappa shape index (κ2) is 7.87. The molecule has 5 rings (SSSR count). The molecule has 32 heavy (non-hydrogen) atoms. The van der Waals surface area contributed by atoms with Crippen LogP contribution in [0.2, 0.25) is 0 Å². The van der Waals surface area contributed by atoms with Crippen molar-refractivity contribution in [3.05, 3.63) is 39.9 Å². The molecule has 2 aliphatic rings. The number of amides is 1. The number of carbonyl (C=O) groups excluding carboxylic acids is 1. The Morgan fingerprint density at radius 2 is 1.97 bits per heavy atom. The molecule has 0 radical (unpaired) electrons. The zero-order valence-electron chi connectivity index (χ0n) is 19.6. The molecule has 1 aliphatic heterocycles. The average molecular weight is 453 g/mol. The van der Waals surface area contributed by atoms with E-state index in [1.165, 1.54) is 21.4 Å². The minimum atomic E-state index is 0.0367. The van der Waals surface area contributed by atoms with Crippen molar-refractivity contribution in [2.24, 2.45) is 11.3 Å². The second-order valence-corrected chi connectivity index (χ2v) is 11.5. The summed E-state index contributed by atoms with van der Waals surface area (Å²) in [7, 11) is 0. The summed E-state index contributed by atoms with van der Waals surface area (Å²) in [6, 6.07) is 2.14. The number of thiophene rings is 1. The highest BCUT2D eigenvalue weighted by molar-refractivity contribution is 7.18. The van der Waals surface area contributed by atoms with E-state index in [0.29, 0.717) is 0 Å². The molecular formula is C25H32N4O2S. The van der Waals surface area contributed by atoms with Crippen molar-refractivity contribution in [2.75, 3.05) is 18.0 Å². The van der Waals surface area contributed by atoms with Gasteiger partial charge in [0.25, 0.3) is 0 Å². The molecule has 1 atom stereocenters. The Balaban J connectivity index is 1.28. The fourth-order valence-corrected chi connectivity index (χ4v) is 6.35. The van der Waals surface area contributed by atoms with Gasteiger partial charge in [0.1, 0.15) is 28.5 Å². The van der Waals surface area contributed by atoms with E-state index in [-0.39, 0.29) is 23.3 Å². The highest BCUT2D eigenvalue weighted by atomic mass is 32.1. The molecule has 1 unspecified atom stereocenters. The smallest absolute Gasteiger partial charge is 0.223 e.